The minimum Gasteiger partial charge on any atom is -0.481 e. The smallest absolute Gasteiger partial charge is 0.303 e. The first-order valence-electron chi connectivity index (χ1n) is 6.94. The van der Waals surface area contributed by atoms with E-state index in [1.54, 1.807) is 0 Å². The Hall–Kier alpha value is -0.390. The first-order valence-corrected chi connectivity index (χ1v) is 9.32. The monoisotopic (exact) mass is 512 g/mol. The zero-order chi connectivity index (χ0) is 17.7. The molecular formula is C16H19Br3O4. The van der Waals surface area contributed by atoms with Crippen molar-refractivity contribution in [1.29, 1.82) is 0 Å². The Labute approximate surface area is 161 Å². The molecule has 4 nitrogen and oxygen atoms in total. The van der Waals surface area contributed by atoms with Crippen LogP contribution >= 0.6 is 47.8 Å². The van der Waals surface area contributed by atoms with Crippen molar-refractivity contribution in [2.75, 3.05) is 0 Å². The number of carbonyl (C=O) groups is 1. The van der Waals surface area contributed by atoms with Gasteiger partial charge >= 0.3 is 5.97 Å². The van der Waals surface area contributed by atoms with Gasteiger partial charge in [-0.05, 0) is 69.4 Å². The highest BCUT2D eigenvalue weighted by atomic mass is 79.9. The third kappa shape index (κ3) is 14.9. The van der Waals surface area contributed by atoms with E-state index in [4.69, 9.17) is 5.11 Å². The fourth-order valence-electron chi connectivity index (χ4n) is 1.46. The van der Waals surface area contributed by atoms with Crippen LogP contribution in [0.4, 0.5) is 0 Å². The molecule has 2 atom stereocenters. The van der Waals surface area contributed by atoms with Gasteiger partial charge in [-0.3, -0.25) is 4.79 Å². The fourth-order valence-corrected chi connectivity index (χ4v) is 3.03. The van der Waals surface area contributed by atoms with Crippen LogP contribution in [0.2, 0.25) is 0 Å². The van der Waals surface area contributed by atoms with E-state index in [0.29, 0.717) is 25.7 Å². The predicted octanol–water partition coefficient (Wildman–Crippen LogP) is 4.21. The molecule has 0 aromatic carbocycles. The van der Waals surface area contributed by atoms with Crippen molar-refractivity contribution in [3.05, 3.63) is 32.2 Å². The van der Waals surface area contributed by atoms with Gasteiger partial charge in [0.05, 0.1) is 15.6 Å². The minimum atomic E-state index is -0.978. The van der Waals surface area contributed by atoms with Crippen molar-refractivity contribution >= 4 is 53.8 Å². The van der Waals surface area contributed by atoms with Crippen LogP contribution in [0.15, 0.2) is 32.2 Å². The highest BCUT2D eigenvalue weighted by Gasteiger charge is 2.11. The van der Waals surface area contributed by atoms with Gasteiger partial charge in [0.2, 0.25) is 0 Å². The van der Waals surface area contributed by atoms with Crippen LogP contribution in [-0.2, 0) is 4.79 Å². The van der Waals surface area contributed by atoms with Crippen LogP contribution in [0.3, 0.4) is 0 Å². The summed E-state index contributed by atoms with van der Waals surface area (Å²) in [5, 5.41) is 28.0. The van der Waals surface area contributed by atoms with Crippen LogP contribution in [-0.4, -0.2) is 33.5 Å². The third-order valence-corrected chi connectivity index (χ3v) is 3.62. The number of carboxylic acids is 1. The van der Waals surface area contributed by atoms with Crippen molar-refractivity contribution in [3.63, 3.8) is 0 Å². The van der Waals surface area contributed by atoms with Crippen molar-refractivity contribution in [2.24, 2.45) is 0 Å². The number of unbranched alkanes of at least 4 members (excludes halogenated alkanes) is 1. The molecule has 0 aliphatic rings. The lowest BCUT2D eigenvalue weighted by molar-refractivity contribution is -0.137. The zero-order valence-corrected chi connectivity index (χ0v) is 17.1. The van der Waals surface area contributed by atoms with Gasteiger partial charge in [0, 0.05) is 17.3 Å². The largest absolute Gasteiger partial charge is 0.481 e. The van der Waals surface area contributed by atoms with Crippen molar-refractivity contribution in [2.45, 2.75) is 44.3 Å². The SMILES string of the molecule is O=C(O)CCCC#CC=C[C@H](O)[C@@H](O)CCC=C(Br)C=C(Br)Br. The van der Waals surface area contributed by atoms with Gasteiger partial charge in [-0.25, -0.2) is 0 Å². The molecule has 0 fully saturated rings. The molecule has 0 bridgehead atoms. The molecule has 3 N–H and O–H groups in total. The lowest BCUT2D eigenvalue weighted by Gasteiger charge is -2.12. The van der Waals surface area contributed by atoms with Crippen LogP contribution in [0, 0.1) is 11.8 Å². The predicted molar refractivity (Wildman–Crippen MR) is 103 cm³/mol. The molecule has 0 unspecified atom stereocenters. The molecule has 0 rings (SSSR count). The van der Waals surface area contributed by atoms with Gasteiger partial charge in [-0.1, -0.05) is 33.8 Å². The van der Waals surface area contributed by atoms with E-state index in [1.807, 2.05) is 12.2 Å². The van der Waals surface area contributed by atoms with Crippen LogP contribution in [0.1, 0.15) is 32.1 Å². The number of aliphatic carboxylic acids is 1. The second-order valence-electron chi connectivity index (χ2n) is 4.59. The van der Waals surface area contributed by atoms with E-state index in [0.717, 1.165) is 7.87 Å². The van der Waals surface area contributed by atoms with E-state index in [-0.39, 0.29) is 6.42 Å². The maximum Gasteiger partial charge on any atom is 0.303 e. The average Bonchev–Trinajstić information content (AvgIpc) is 2.44. The van der Waals surface area contributed by atoms with Gasteiger partial charge in [-0.15, -0.1) is 0 Å². The average molecular weight is 515 g/mol. The van der Waals surface area contributed by atoms with Gasteiger partial charge < -0.3 is 15.3 Å². The summed E-state index contributed by atoms with van der Waals surface area (Å²) in [5.74, 6) is 4.66. The van der Waals surface area contributed by atoms with E-state index in [9.17, 15) is 15.0 Å². The van der Waals surface area contributed by atoms with Crippen LogP contribution in [0.25, 0.3) is 0 Å². The summed E-state index contributed by atoms with van der Waals surface area (Å²) < 4.78 is 1.67. The maximum absolute atomic E-state index is 10.3. The highest BCUT2D eigenvalue weighted by molar-refractivity contribution is 9.28. The van der Waals surface area contributed by atoms with Crippen molar-refractivity contribution < 1.29 is 20.1 Å². The molecule has 0 spiro atoms. The quantitative estimate of drug-likeness (QED) is 0.245. The molecule has 0 heterocycles. The number of carboxylic acid groups (broad SMARTS) is 1. The summed E-state index contributed by atoms with van der Waals surface area (Å²) in [6.45, 7) is 0. The molecule has 0 saturated heterocycles. The summed E-state index contributed by atoms with van der Waals surface area (Å²) in [7, 11) is 0. The molecule has 0 aliphatic heterocycles. The molecule has 0 aromatic heterocycles. The molecule has 0 aliphatic carbocycles. The second-order valence-corrected chi connectivity index (χ2v) is 8.27. The van der Waals surface area contributed by atoms with Gasteiger partial charge in [-0.2, -0.15) is 0 Å². The van der Waals surface area contributed by atoms with Crippen LogP contribution < -0.4 is 0 Å². The summed E-state index contributed by atoms with van der Waals surface area (Å²) in [6.07, 6.45) is 6.90. The Morgan fingerprint density at radius 1 is 1.22 bits per heavy atom. The first-order chi connectivity index (χ1) is 10.8. The number of aliphatic hydroxyl groups excluding tert-OH is 2. The molecule has 128 valence electrons. The van der Waals surface area contributed by atoms with Crippen molar-refractivity contribution in [1.82, 2.24) is 0 Å². The summed E-state index contributed by atoms with van der Waals surface area (Å²) in [6, 6.07) is 0. The summed E-state index contributed by atoms with van der Waals surface area (Å²) >= 11 is 9.84. The summed E-state index contributed by atoms with van der Waals surface area (Å²) in [4.78, 5) is 10.3. The molecule has 0 saturated carbocycles. The Morgan fingerprint density at radius 3 is 2.52 bits per heavy atom. The minimum absolute atomic E-state index is 0.101. The zero-order valence-electron chi connectivity index (χ0n) is 12.4. The standard InChI is InChI=1S/C16H19Br3O4/c17-12(11-15(18)19)7-6-9-14(21)13(20)8-4-2-1-3-5-10-16(22)23/h4,7-8,11,13-14,20-21H,3,5-6,9-10H2,(H,22,23)/t13-,14-/m0/s1. The summed E-state index contributed by atoms with van der Waals surface area (Å²) in [5.41, 5.74) is 0. The van der Waals surface area contributed by atoms with Gasteiger partial charge in [0.25, 0.3) is 0 Å². The first kappa shape index (κ1) is 22.6. The fraction of sp³-hybridized carbons (Fsp3) is 0.438. The Balaban J connectivity index is 4.08. The Bertz CT molecular complexity index is 511. The number of hydrogen-bond donors (Lipinski definition) is 3. The molecule has 0 radical (unpaired) electrons. The Kier molecular flexibility index (Phi) is 13.8. The van der Waals surface area contributed by atoms with Crippen molar-refractivity contribution in [3.8, 4) is 11.8 Å². The Morgan fingerprint density at radius 2 is 1.91 bits per heavy atom. The molecule has 0 amide bonds. The number of rotatable bonds is 9. The number of halogens is 3. The number of aliphatic hydroxyl groups is 2. The van der Waals surface area contributed by atoms with E-state index in [1.165, 1.54) is 12.2 Å². The van der Waals surface area contributed by atoms with E-state index in [2.05, 4.69) is 59.6 Å². The second kappa shape index (κ2) is 14.0. The molecular weight excluding hydrogens is 496 g/mol. The highest BCUT2D eigenvalue weighted by Crippen LogP contribution is 2.20. The molecule has 7 heteroatoms. The van der Waals surface area contributed by atoms with E-state index < -0.39 is 18.2 Å². The number of hydrogen-bond acceptors (Lipinski definition) is 3. The van der Waals surface area contributed by atoms with E-state index >= 15 is 0 Å². The van der Waals surface area contributed by atoms with Crippen LogP contribution in [0.5, 0.6) is 0 Å². The normalized spacial score (nSPS) is 14.0. The number of allylic oxidation sites excluding steroid dienone is 4. The molecule has 23 heavy (non-hydrogen) atoms. The topological polar surface area (TPSA) is 77.8 Å². The lowest BCUT2D eigenvalue weighted by Crippen LogP contribution is -2.23. The maximum atomic E-state index is 10.3. The van der Waals surface area contributed by atoms with Gasteiger partial charge in [0.15, 0.2) is 0 Å². The third-order valence-electron chi connectivity index (χ3n) is 2.61. The molecule has 0 aromatic rings. The lowest BCUT2D eigenvalue weighted by atomic mass is 10.1. The van der Waals surface area contributed by atoms with Gasteiger partial charge in [0.1, 0.15) is 0 Å².